The zero-order valence-corrected chi connectivity index (χ0v) is 13.6. The number of carbonyl (C=O) groups is 1. The molecule has 2 aromatic heterocycles. The molecule has 2 heterocycles. The number of primary sulfonamides is 1. The van der Waals surface area contributed by atoms with Crippen LogP contribution in [0.15, 0.2) is 73.6 Å². The average molecular weight is 359 g/mol. The van der Waals surface area contributed by atoms with Gasteiger partial charge in [-0.05, 0) is 48.5 Å². The molecular formula is C16H13N3O5S. The molecule has 0 radical (unpaired) electrons. The van der Waals surface area contributed by atoms with Gasteiger partial charge in [0.2, 0.25) is 10.0 Å². The predicted octanol–water partition coefficient (Wildman–Crippen LogP) is 1.95. The molecule has 3 rings (SSSR count). The number of rotatable bonds is 5. The summed E-state index contributed by atoms with van der Waals surface area (Å²) >= 11 is 0. The number of nitrogens with zero attached hydrogens (tertiary/aromatic N) is 1. The predicted molar refractivity (Wildman–Crippen MR) is 89.3 cm³/mol. The van der Waals surface area contributed by atoms with E-state index in [-0.39, 0.29) is 10.7 Å². The van der Waals surface area contributed by atoms with Crippen molar-refractivity contribution in [3.8, 4) is 11.3 Å². The maximum atomic E-state index is 11.6. The molecule has 1 aromatic carbocycles. The van der Waals surface area contributed by atoms with Gasteiger partial charge in [0.15, 0.2) is 5.76 Å². The van der Waals surface area contributed by atoms with E-state index in [1.54, 1.807) is 30.3 Å². The number of hydrazone groups is 1. The van der Waals surface area contributed by atoms with Crippen LogP contribution in [-0.4, -0.2) is 20.5 Å². The van der Waals surface area contributed by atoms with Gasteiger partial charge in [0.1, 0.15) is 11.5 Å². The van der Waals surface area contributed by atoms with Crippen LogP contribution < -0.4 is 10.6 Å². The zero-order valence-electron chi connectivity index (χ0n) is 12.7. The molecule has 25 heavy (non-hydrogen) atoms. The maximum absolute atomic E-state index is 11.6. The number of amides is 1. The van der Waals surface area contributed by atoms with E-state index in [9.17, 15) is 13.2 Å². The topological polar surface area (TPSA) is 128 Å². The molecule has 0 saturated heterocycles. The number of hydrogen-bond donors (Lipinski definition) is 2. The highest BCUT2D eigenvalue weighted by Gasteiger charge is 2.09. The van der Waals surface area contributed by atoms with Crippen LogP contribution in [0.5, 0.6) is 0 Å². The van der Waals surface area contributed by atoms with E-state index >= 15 is 0 Å². The van der Waals surface area contributed by atoms with Gasteiger partial charge in [0.25, 0.3) is 0 Å². The number of hydrogen-bond acceptors (Lipinski definition) is 6. The van der Waals surface area contributed by atoms with Crippen molar-refractivity contribution >= 4 is 22.1 Å². The summed E-state index contributed by atoms with van der Waals surface area (Å²) in [4.78, 5) is 11.6. The molecule has 1 amide bonds. The van der Waals surface area contributed by atoms with Crippen molar-refractivity contribution in [3.63, 3.8) is 0 Å². The van der Waals surface area contributed by atoms with E-state index in [0.717, 1.165) is 0 Å². The summed E-state index contributed by atoms with van der Waals surface area (Å²) < 4.78 is 33.0. The fourth-order valence-electron chi connectivity index (χ4n) is 2.00. The van der Waals surface area contributed by atoms with Crippen molar-refractivity contribution in [1.29, 1.82) is 0 Å². The molecule has 0 aliphatic rings. The van der Waals surface area contributed by atoms with Crippen molar-refractivity contribution in [2.75, 3.05) is 0 Å². The second-order valence-electron chi connectivity index (χ2n) is 4.95. The van der Waals surface area contributed by atoms with Crippen LogP contribution in [0.3, 0.4) is 0 Å². The minimum atomic E-state index is -3.74. The summed E-state index contributed by atoms with van der Waals surface area (Å²) in [5.74, 6) is 0.587. The molecule has 0 spiro atoms. The molecule has 0 bridgehead atoms. The Labute approximate surface area is 143 Å². The van der Waals surface area contributed by atoms with Crippen molar-refractivity contribution in [3.05, 3.63) is 66.3 Å². The lowest BCUT2D eigenvalue weighted by Crippen LogP contribution is -2.16. The first-order chi connectivity index (χ1) is 11.9. The Balaban J connectivity index is 1.68. The summed E-state index contributed by atoms with van der Waals surface area (Å²) in [6.07, 6.45) is 2.72. The monoisotopic (exact) mass is 359 g/mol. The third-order valence-electron chi connectivity index (χ3n) is 3.20. The molecule has 9 heteroatoms. The lowest BCUT2D eigenvalue weighted by Gasteiger charge is -2.00. The van der Waals surface area contributed by atoms with Crippen molar-refractivity contribution < 1.29 is 22.0 Å². The van der Waals surface area contributed by atoms with Crippen LogP contribution in [0.4, 0.5) is 0 Å². The molecule has 0 saturated carbocycles. The van der Waals surface area contributed by atoms with Gasteiger partial charge >= 0.3 is 5.91 Å². The molecule has 0 aliphatic heterocycles. The van der Waals surface area contributed by atoms with Crippen molar-refractivity contribution in [2.24, 2.45) is 10.2 Å². The Hall–Kier alpha value is -3.17. The van der Waals surface area contributed by atoms with E-state index in [0.29, 0.717) is 17.1 Å². The van der Waals surface area contributed by atoms with E-state index in [1.807, 2.05) is 0 Å². The van der Waals surface area contributed by atoms with Gasteiger partial charge < -0.3 is 8.83 Å². The minimum Gasteiger partial charge on any atom is -0.459 e. The Morgan fingerprint density at radius 2 is 1.88 bits per heavy atom. The number of nitrogens with one attached hydrogen (secondary N) is 1. The quantitative estimate of drug-likeness (QED) is 0.531. The van der Waals surface area contributed by atoms with E-state index < -0.39 is 15.9 Å². The van der Waals surface area contributed by atoms with Crippen LogP contribution in [0.1, 0.15) is 16.3 Å². The smallest absolute Gasteiger partial charge is 0.307 e. The third kappa shape index (κ3) is 4.03. The maximum Gasteiger partial charge on any atom is 0.307 e. The number of sulfonamides is 1. The first kappa shape index (κ1) is 16.7. The summed E-state index contributed by atoms with van der Waals surface area (Å²) in [5.41, 5.74) is 2.98. The first-order valence-electron chi connectivity index (χ1n) is 7.03. The lowest BCUT2D eigenvalue weighted by atomic mass is 10.2. The second kappa shape index (κ2) is 6.75. The minimum absolute atomic E-state index is 0.0187. The summed E-state index contributed by atoms with van der Waals surface area (Å²) in [5, 5.41) is 8.83. The standard InChI is InChI=1S/C16H13N3O5S/c17-25(21,22)13-6-3-11(4-7-13)14-8-5-12(24-14)10-18-19-16(20)15-2-1-9-23-15/h1-10H,(H,19,20)(H2,17,21,22)/b18-10-. The third-order valence-corrected chi connectivity index (χ3v) is 4.13. The van der Waals surface area contributed by atoms with Crippen LogP contribution >= 0.6 is 0 Å². The molecule has 128 valence electrons. The highest BCUT2D eigenvalue weighted by Crippen LogP contribution is 2.22. The second-order valence-corrected chi connectivity index (χ2v) is 6.51. The van der Waals surface area contributed by atoms with E-state index in [4.69, 9.17) is 14.0 Å². The number of carbonyl (C=O) groups excluding carboxylic acids is 1. The highest BCUT2D eigenvalue weighted by molar-refractivity contribution is 7.89. The fraction of sp³-hybridized carbons (Fsp3) is 0. The fourth-order valence-corrected chi connectivity index (χ4v) is 2.52. The Morgan fingerprint density at radius 3 is 2.52 bits per heavy atom. The van der Waals surface area contributed by atoms with Gasteiger partial charge in [-0.15, -0.1) is 0 Å². The molecule has 3 N–H and O–H groups in total. The molecular weight excluding hydrogens is 346 g/mol. The lowest BCUT2D eigenvalue weighted by molar-refractivity contribution is 0.0927. The van der Waals surface area contributed by atoms with Crippen LogP contribution in [-0.2, 0) is 10.0 Å². The Morgan fingerprint density at radius 1 is 1.12 bits per heavy atom. The molecule has 0 fully saturated rings. The largest absolute Gasteiger partial charge is 0.459 e. The molecule has 8 nitrogen and oxygen atoms in total. The Kier molecular flexibility index (Phi) is 4.50. The number of furan rings is 2. The van der Waals surface area contributed by atoms with Gasteiger partial charge in [-0.1, -0.05) is 0 Å². The Bertz CT molecular complexity index is 1000. The van der Waals surface area contributed by atoms with Gasteiger partial charge in [-0.25, -0.2) is 19.0 Å². The highest BCUT2D eigenvalue weighted by atomic mass is 32.2. The van der Waals surface area contributed by atoms with E-state index in [1.165, 1.54) is 30.7 Å². The summed E-state index contributed by atoms with van der Waals surface area (Å²) in [6, 6.07) is 12.4. The van der Waals surface area contributed by atoms with Crippen LogP contribution in [0.25, 0.3) is 11.3 Å². The van der Waals surface area contributed by atoms with Gasteiger partial charge in [-0.2, -0.15) is 5.10 Å². The number of benzene rings is 1. The summed E-state index contributed by atoms with van der Waals surface area (Å²) in [6.45, 7) is 0. The van der Waals surface area contributed by atoms with Crippen molar-refractivity contribution in [2.45, 2.75) is 4.90 Å². The molecule has 0 unspecified atom stereocenters. The zero-order chi connectivity index (χ0) is 17.9. The van der Waals surface area contributed by atoms with Crippen LogP contribution in [0, 0.1) is 0 Å². The molecule has 3 aromatic rings. The number of nitrogens with two attached hydrogens (primary N) is 1. The first-order valence-corrected chi connectivity index (χ1v) is 8.58. The van der Waals surface area contributed by atoms with Gasteiger partial charge in [0, 0.05) is 5.56 Å². The molecule has 0 aliphatic carbocycles. The van der Waals surface area contributed by atoms with Crippen molar-refractivity contribution in [1.82, 2.24) is 5.43 Å². The normalized spacial score (nSPS) is 11.7. The van der Waals surface area contributed by atoms with Gasteiger partial charge in [-0.3, -0.25) is 4.79 Å². The van der Waals surface area contributed by atoms with E-state index in [2.05, 4.69) is 10.5 Å². The average Bonchev–Trinajstić information content (AvgIpc) is 3.26. The summed E-state index contributed by atoms with van der Waals surface area (Å²) in [7, 11) is -3.74. The molecule has 0 atom stereocenters. The SMILES string of the molecule is NS(=O)(=O)c1ccc(-c2ccc(/C=N\NC(=O)c3ccco3)o2)cc1. The van der Waals surface area contributed by atoms with Gasteiger partial charge in [0.05, 0.1) is 17.4 Å². The van der Waals surface area contributed by atoms with Crippen LogP contribution in [0.2, 0.25) is 0 Å².